The Balaban J connectivity index is 2.14. The summed E-state index contributed by atoms with van der Waals surface area (Å²) in [6.45, 7) is 7.55. The number of fused-ring (bicyclic) bond motifs is 1. The third-order valence-electron chi connectivity index (χ3n) is 4.04. The standard InChI is InChI=1S/C15H26N2O4/c1-15(2,3)21-14(19)17-9-11-7-5-6-8-16(11)10-12(17)13(18)20-4/h11-12H,5-10H2,1-4H3/t11-,12+/m1/s1. The predicted octanol–water partition coefficient (Wildman–Crippen LogP) is 1.63. The van der Waals surface area contributed by atoms with Crippen molar-refractivity contribution < 1.29 is 19.1 Å². The minimum absolute atomic E-state index is 0.326. The normalized spacial score (nSPS) is 27.0. The maximum atomic E-state index is 12.4. The summed E-state index contributed by atoms with van der Waals surface area (Å²) < 4.78 is 10.3. The fourth-order valence-electron chi connectivity index (χ4n) is 3.04. The molecule has 2 heterocycles. The van der Waals surface area contributed by atoms with Crippen LogP contribution in [0.2, 0.25) is 0 Å². The number of nitrogens with zero attached hydrogens (tertiary/aromatic N) is 2. The Morgan fingerprint density at radius 1 is 1.14 bits per heavy atom. The van der Waals surface area contributed by atoms with Gasteiger partial charge in [0.1, 0.15) is 11.6 Å². The minimum Gasteiger partial charge on any atom is -0.467 e. The summed E-state index contributed by atoms with van der Waals surface area (Å²) in [5.74, 6) is -0.370. The molecule has 0 aromatic carbocycles. The van der Waals surface area contributed by atoms with Gasteiger partial charge in [0.15, 0.2) is 0 Å². The molecule has 0 spiro atoms. The maximum Gasteiger partial charge on any atom is 0.411 e. The van der Waals surface area contributed by atoms with Gasteiger partial charge in [0.2, 0.25) is 0 Å². The van der Waals surface area contributed by atoms with E-state index in [-0.39, 0.29) is 5.97 Å². The molecule has 0 N–H and O–H groups in total. The van der Waals surface area contributed by atoms with Gasteiger partial charge in [-0.15, -0.1) is 0 Å². The van der Waals surface area contributed by atoms with Crippen LogP contribution in [-0.4, -0.2) is 66.3 Å². The van der Waals surface area contributed by atoms with Crippen molar-refractivity contribution >= 4 is 12.1 Å². The van der Waals surface area contributed by atoms with Gasteiger partial charge in [-0.05, 0) is 40.2 Å². The quantitative estimate of drug-likeness (QED) is 0.689. The van der Waals surface area contributed by atoms with E-state index in [0.29, 0.717) is 19.1 Å². The van der Waals surface area contributed by atoms with Crippen LogP contribution in [0.1, 0.15) is 40.0 Å². The lowest BCUT2D eigenvalue weighted by Crippen LogP contribution is -2.63. The first-order chi connectivity index (χ1) is 9.81. The van der Waals surface area contributed by atoms with Crippen molar-refractivity contribution in [1.82, 2.24) is 9.80 Å². The molecule has 6 heteroatoms. The lowest BCUT2D eigenvalue weighted by atomic mass is 9.97. The van der Waals surface area contributed by atoms with E-state index < -0.39 is 17.7 Å². The highest BCUT2D eigenvalue weighted by molar-refractivity contribution is 5.82. The van der Waals surface area contributed by atoms with E-state index in [0.717, 1.165) is 19.4 Å². The van der Waals surface area contributed by atoms with Gasteiger partial charge in [-0.1, -0.05) is 6.42 Å². The second-order valence-corrected chi connectivity index (χ2v) is 6.82. The van der Waals surface area contributed by atoms with E-state index in [1.807, 2.05) is 20.8 Å². The number of amides is 1. The fraction of sp³-hybridized carbons (Fsp3) is 0.867. The lowest BCUT2D eigenvalue weighted by molar-refractivity contribution is -0.151. The number of hydrogen-bond donors (Lipinski definition) is 0. The largest absolute Gasteiger partial charge is 0.467 e. The summed E-state index contributed by atoms with van der Waals surface area (Å²) in [6.07, 6.45) is 2.96. The van der Waals surface area contributed by atoms with Gasteiger partial charge in [0.05, 0.1) is 7.11 Å². The average Bonchev–Trinajstić information content (AvgIpc) is 2.43. The zero-order valence-corrected chi connectivity index (χ0v) is 13.4. The van der Waals surface area contributed by atoms with Crippen molar-refractivity contribution in [3.05, 3.63) is 0 Å². The average molecular weight is 298 g/mol. The van der Waals surface area contributed by atoms with Gasteiger partial charge in [-0.3, -0.25) is 9.80 Å². The van der Waals surface area contributed by atoms with Crippen LogP contribution >= 0.6 is 0 Å². The Bertz CT molecular complexity index is 405. The van der Waals surface area contributed by atoms with Crippen LogP contribution in [0.15, 0.2) is 0 Å². The predicted molar refractivity (Wildman–Crippen MR) is 78.0 cm³/mol. The Hall–Kier alpha value is -1.30. The molecule has 2 aliphatic rings. The van der Waals surface area contributed by atoms with Gasteiger partial charge in [-0.2, -0.15) is 0 Å². The molecule has 1 amide bonds. The number of piperidine rings is 1. The molecule has 0 aliphatic carbocycles. The third kappa shape index (κ3) is 3.87. The summed E-state index contributed by atoms with van der Waals surface area (Å²) in [6, 6.07) is -0.244. The van der Waals surface area contributed by atoms with Crippen molar-refractivity contribution in [2.24, 2.45) is 0 Å². The molecular weight excluding hydrogens is 272 g/mol. The smallest absolute Gasteiger partial charge is 0.411 e. The molecule has 0 unspecified atom stereocenters. The molecule has 0 aromatic rings. The van der Waals surface area contributed by atoms with Crippen molar-refractivity contribution in [3.63, 3.8) is 0 Å². The third-order valence-corrected chi connectivity index (χ3v) is 4.04. The summed E-state index contributed by atoms with van der Waals surface area (Å²) in [4.78, 5) is 28.3. The van der Waals surface area contributed by atoms with Gasteiger partial charge < -0.3 is 9.47 Å². The van der Waals surface area contributed by atoms with Gasteiger partial charge >= 0.3 is 12.1 Å². The van der Waals surface area contributed by atoms with E-state index >= 15 is 0 Å². The topological polar surface area (TPSA) is 59.1 Å². The highest BCUT2D eigenvalue weighted by Crippen LogP contribution is 2.26. The highest BCUT2D eigenvalue weighted by Gasteiger charge is 2.42. The molecule has 6 nitrogen and oxygen atoms in total. The Morgan fingerprint density at radius 2 is 1.86 bits per heavy atom. The van der Waals surface area contributed by atoms with Crippen LogP contribution < -0.4 is 0 Å². The summed E-state index contributed by atoms with van der Waals surface area (Å²) >= 11 is 0. The SMILES string of the molecule is COC(=O)[C@@H]1CN2CCCC[C@@H]2CN1C(=O)OC(C)(C)C. The van der Waals surface area contributed by atoms with E-state index in [1.165, 1.54) is 13.5 Å². The summed E-state index contributed by atoms with van der Waals surface area (Å²) in [5, 5.41) is 0. The number of ether oxygens (including phenoxy) is 2. The molecule has 21 heavy (non-hydrogen) atoms. The molecule has 2 fully saturated rings. The molecule has 2 saturated heterocycles. The van der Waals surface area contributed by atoms with Crippen LogP contribution in [-0.2, 0) is 14.3 Å². The number of carbonyl (C=O) groups is 2. The summed E-state index contributed by atoms with van der Waals surface area (Å²) in [5.41, 5.74) is -0.568. The van der Waals surface area contributed by atoms with Crippen LogP contribution in [0.5, 0.6) is 0 Å². The van der Waals surface area contributed by atoms with Crippen molar-refractivity contribution in [2.45, 2.75) is 57.7 Å². The second kappa shape index (κ2) is 6.22. The molecule has 0 saturated carbocycles. The van der Waals surface area contributed by atoms with E-state index in [4.69, 9.17) is 9.47 Å². The number of piperazine rings is 1. The van der Waals surface area contributed by atoms with Crippen LogP contribution in [0.25, 0.3) is 0 Å². The fourth-order valence-corrected chi connectivity index (χ4v) is 3.04. The molecule has 0 radical (unpaired) electrons. The first-order valence-corrected chi connectivity index (χ1v) is 7.63. The minimum atomic E-state index is -0.570. The molecule has 0 bridgehead atoms. The van der Waals surface area contributed by atoms with Gasteiger partial charge in [-0.25, -0.2) is 9.59 Å². The van der Waals surface area contributed by atoms with E-state index in [2.05, 4.69) is 4.90 Å². The monoisotopic (exact) mass is 298 g/mol. The van der Waals surface area contributed by atoms with E-state index in [9.17, 15) is 9.59 Å². The van der Waals surface area contributed by atoms with Gasteiger partial charge in [0, 0.05) is 19.1 Å². The van der Waals surface area contributed by atoms with E-state index in [1.54, 1.807) is 4.90 Å². The molecular formula is C15H26N2O4. The second-order valence-electron chi connectivity index (χ2n) is 6.82. The highest BCUT2D eigenvalue weighted by atomic mass is 16.6. The van der Waals surface area contributed by atoms with Crippen LogP contribution in [0, 0.1) is 0 Å². The first kappa shape index (κ1) is 16.1. The molecule has 120 valence electrons. The number of hydrogen-bond acceptors (Lipinski definition) is 5. The molecule has 0 aromatic heterocycles. The number of methoxy groups -OCH3 is 1. The van der Waals surface area contributed by atoms with Crippen LogP contribution in [0.4, 0.5) is 4.79 Å². The maximum absolute atomic E-state index is 12.4. The number of rotatable bonds is 1. The first-order valence-electron chi connectivity index (χ1n) is 7.63. The zero-order valence-electron chi connectivity index (χ0n) is 13.4. The molecule has 2 aliphatic heterocycles. The van der Waals surface area contributed by atoms with Crippen molar-refractivity contribution in [1.29, 1.82) is 0 Å². The Labute approximate surface area is 126 Å². The molecule has 2 atom stereocenters. The lowest BCUT2D eigenvalue weighted by Gasteiger charge is -2.47. The molecule has 2 rings (SSSR count). The number of carbonyl (C=O) groups excluding carboxylic acids is 2. The zero-order chi connectivity index (χ0) is 15.6. The van der Waals surface area contributed by atoms with Gasteiger partial charge in [0.25, 0.3) is 0 Å². The Morgan fingerprint density at radius 3 is 2.48 bits per heavy atom. The summed E-state index contributed by atoms with van der Waals surface area (Å²) in [7, 11) is 1.36. The van der Waals surface area contributed by atoms with Crippen molar-refractivity contribution in [2.75, 3.05) is 26.7 Å². The Kier molecular flexibility index (Phi) is 4.76. The van der Waals surface area contributed by atoms with Crippen molar-refractivity contribution in [3.8, 4) is 0 Å². The van der Waals surface area contributed by atoms with Crippen LogP contribution in [0.3, 0.4) is 0 Å². The number of esters is 1.